The molecule has 2 fully saturated rings. The minimum absolute atomic E-state index is 0.0506. The van der Waals surface area contributed by atoms with Crippen LogP contribution >= 0.6 is 0 Å². The molecular formula is C21H30O3. The minimum Gasteiger partial charge on any atom is -0.300 e. The molecule has 0 aliphatic heterocycles. The third-order valence-electron chi connectivity index (χ3n) is 7.67. The summed E-state index contributed by atoms with van der Waals surface area (Å²) in [7, 11) is 0. The molecule has 0 N–H and O–H groups in total. The van der Waals surface area contributed by atoms with E-state index in [-0.39, 0.29) is 28.8 Å². The molecule has 3 rings (SSSR count). The average molecular weight is 330 g/mol. The van der Waals surface area contributed by atoms with E-state index in [0.29, 0.717) is 24.5 Å². The number of rotatable bonds is 3. The minimum atomic E-state index is -0.445. The van der Waals surface area contributed by atoms with Crippen molar-refractivity contribution in [2.24, 2.45) is 28.6 Å². The second kappa shape index (κ2) is 5.93. The third kappa shape index (κ3) is 2.43. The molecule has 0 aromatic carbocycles. The number of hydrogen-bond acceptors (Lipinski definition) is 3. The zero-order chi connectivity index (χ0) is 17.7. The average Bonchev–Trinajstić information content (AvgIpc) is 2.88. The van der Waals surface area contributed by atoms with Crippen LogP contribution in [0.5, 0.6) is 0 Å². The second-order valence-corrected chi connectivity index (χ2v) is 8.68. The lowest BCUT2D eigenvalue weighted by Crippen LogP contribution is -2.47. The van der Waals surface area contributed by atoms with E-state index in [4.69, 9.17) is 0 Å². The first-order chi connectivity index (χ1) is 11.2. The predicted octanol–water partition coefficient (Wildman–Crippen LogP) is 4.29. The Morgan fingerprint density at radius 2 is 1.88 bits per heavy atom. The maximum atomic E-state index is 13.4. The Morgan fingerprint density at radius 3 is 2.50 bits per heavy atom. The van der Waals surface area contributed by atoms with Gasteiger partial charge in [0.15, 0.2) is 5.78 Å². The van der Waals surface area contributed by atoms with Gasteiger partial charge >= 0.3 is 0 Å². The normalized spacial score (nSPS) is 42.7. The molecule has 0 heterocycles. The Morgan fingerprint density at radius 1 is 1.17 bits per heavy atom. The summed E-state index contributed by atoms with van der Waals surface area (Å²) in [5, 5.41) is 0. The highest BCUT2D eigenvalue weighted by Crippen LogP contribution is 2.58. The van der Waals surface area contributed by atoms with Crippen LogP contribution in [-0.2, 0) is 14.4 Å². The lowest BCUT2D eigenvalue weighted by Gasteiger charge is -2.46. The second-order valence-electron chi connectivity index (χ2n) is 8.68. The first-order valence-corrected chi connectivity index (χ1v) is 9.52. The maximum absolute atomic E-state index is 13.4. The topological polar surface area (TPSA) is 51.2 Å². The molecule has 24 heavy (non-hydrogen) atoms. The third-order valence-corrected chi connectivity index (χ3v) is 7.67. The van der Waals surface area contributed by atoms with Gasteiger partial charge in [-0.1, -0.05) is 19.4 Å². The summed E-state index contributed by atoms with van der Waals surface area (Å²) in [4.78, 5) is 37.3. The summed E-state index contributed by atoms with van der Waals surface area (Å²) < 4.78 is 0. The lowest BCUT2D eigenvalue weighted by molar-refractivity contribution is -0.138. The molecular weight excluding hydrogens is 300 g/mol. The van der Waals surface area contributed by atoms with Gasteiger partial charge in [-0.15, -0.1) is 0 Å². The highest BCUT2D eigenvalue weighted by atomic mass is 16.1. The van der Waals surface area contributed by atoms with Crippen molar-refractivity contribution in [1.29, 1.82) is 0 Å². The highest BCUT2D eigenvalue weighted by Gasteiger charge is 2.55. The zero-order valence-electron chi connectivity index (χ0n) is 15.5. The molecule has 5 atom stereocenters. The summed E-state index contributed by atoms with van der Waals surface area (Å²) in [6, 6.07) is 0. The van der Waals surface area contributed by atoms with Crippen molar-refractivity contribution >= 4 is 17.3 Å². The van der Waals surface area contributed by atoms with Gasteiger partial charge in [-0.3, -0.25) is 14.4 Å². The van der Waals surface area contributed by atoms with E-state index in [1.54, 1.807) is 13.0 Å². The molecule has 0 saturated heterocycles. The Labute approximate surface area is 145 Å². The quantitative estimate of drug-likeness (QED) is 0.775. The smallest absolute Gasteiger partial charge is 0.155 e. The highest BCUT2D eigenvalue weighted by molar-refractivity contribution is 5.98. The number of carbonyl (C=O) groups is 3. The fourth-order valence-electron chi connectivity index (χ4n) is 5.93. The molecule has 132 valence electrons. The number of hydrogen-bond donors (Lipinski definition) is 0. The SMILES string of the molecule is CCC1(C)C(C(C)=O)CCC1C1CCC2=CC(=O)CCC2(C)C1=O. The fourth-order valence-corrected chi connectivity index (χ4v) is 5.93. The van der Waals surface area contributed by atoms with Crippen LogP contribution in [-0.4, -0.2) is 17.3 Å². The van der Waals surface area contributed by atoms with Gasteiger partial charge in [0, 0.05) is 23.7 Å². The van der Waals surface area contributed by atoms with Gasteiger partial charge in [-0.25, -0.2) is 0 Å². The molecule has 0 aromatic heterocycles. The molecule has 0 bridgehead atoms. The largest absolute Gasteiger partial charge is 0.300 e. The van der Waals surface area contributed by atoms with Crippen LogP contribution in [0.2, 0.25) is 0 Å². The number of carbonyl (C=O) groups excluding carboxylic acids is 3. The van der Waals surface area contributed by atoms with E-state index in [2.05, 4.69) is 13.8 Å². The van der Waals surface area contributed by atoms with Crippen LogP contribution in [0, 0.1) is 28.6 Å². The van der Waals surface area contributed by atoms with Gasteiger partial charge in [0.1, 0.15) is 11.6 Å². The number of allylic oxidation sites excluding steroid dienone is 2. The number of ketones is 3. The van der Waals surface area contributed by atoms with Crippen LogP contribution in [0.1, 0.15) is 72.6 Å². The molecule has 0 spiro atoms. The van der Waals surface area contributed by atoms with E-state index in [9.17, 15) is 14.4 Å². The molecule has 2 saturated carbocycles. The summed E-state index contributed by atoms with van der Waals surface area (Å²) in [6.07, 6.45) is 7.46. The van der Waals surface area contributed by atoms with E-state index in [1.165, 1.54) is 0 Å². The van der Waals surface area contributed by atoms with E-state index >= 15 is 0 Å². The first-order valence-electron chi connectivity index (χ1n) is 9.52. The first kappa shape index (κ1) is 17.6. The lowest BCUT2D eigenvalue weighted by atomic mass is 9.56. The Bertz CT molecular complexity index is 617. The summed E-state index contributed by atoms with van der Waals surface area (Å²) in [6.45, 7) is 8.13. The molecule has 0 amide bonds. The molecule has 5 unspecified atom stereocenters. The zero-order valence-corrected chi connectivity index (χ0v) is 15.5. The number of fused-ring (bicyclic) bond motifs is 1. The predicted molar refractivity (Wildman–Crippen MR) is 93.5 cm³/mol. The summed E-state index contributed by atoms with van der Waals surface area (Å²) in [5.74, 6) is 1.23. The summed E-state index contributed by atoms with van der Waals surface area (Å²) >= 11 is 0. The monoisotopic (exact) mass is 330 g/mol. The Kier molecular flexibility index (Phi) is 4.34. The standard InChI is InChI=1S/C21H30O3/c1-5-20(3)17(13(2)22)8-9-18(20)16-7-6-14-12-15(23)10-11-21(14,4)19(16)24/h12,16-18H,5-11H2,1-4H3. The van der Waals surface area contributed by atoms with Crippen molar-refractivity contribution in [1.82, 2.24) is 0 Å². The van der Waals surface area contributed by atoms with Gasteiger partial charge in [0.25, 0.3) is 0 Å². The molecule has 0 aromatic rings. The van der Waals surface area contributed by atoms with Gasteiger partial charge < -0.3 is 0 Å². The molecule has 0 radical (unpaired) electrons. The molecule has 3 heteroatoms. The van der Waals surface area contributed by atoms with Crippen LogP contribution in [0.3, 0.4) is 0 Å². The van der Waals surface area contributed by atoms with Gasteiger partial charge in [-0.2, -0.15) is 0 Å². The van der Waals surface area contributed by atoms with E-state index in [1.807, 2.05) is 6.92 Å². The number of Topliss-reactive ketones (excluding diaryl/α,β-unsaturated/α-hetero) is 2. The van der Waals surface area contributed by atoms with Crippen LogP contribution < -0.4 is 0 Å². The van der Waals surface area contributed by atoms with Crippen molar-refractivity contribution in [3.8, 4) is 0 Å². The van der Waals surface area contributed by atoms with Crippen molar-refractivity contribution < 1.29 is 14.4 Å². The molecule has 3 aliphatic rings. The Balaban J connectivity index is 1.91. The molecule has 3 nitrogen and oxygen atoms in total. The van der Waals surface area contributed by atoms with E-state index in [0.717, 1.165) is 37.7 Å². The van der Waals surface area contributed by atoms with Crippen molar-refractivity contribution in [2.45, 2.75) is 72.6 Å². The van der Waals surface area contributed by atoms with E-state index < -0.39 is 5.41 Å². The molecule has 3 aliphatic carbocycles. The fraction of sp³-hybridized carbons (Fsp3) is 0.762. The van der Waals surface area contributed by atoms with Crippen molar-refractivity contribution in [3.63, 3.8) is 0 Å². The summed E-state index contributed by atoms with van der Waals surface area (Å²) in [5.41, 5.74) is 0.549. The van der Waals surface area contributed by atoms with Crippen molar-refractivity contribution in [2.75, 3.05) is 0 Å². The van der Waals surface area contributed by atoms with Crippen LogP contribution in [0.4, 0.5) is 0 Å². The maximum Gasteiger partial charge on any atom is 0.155 e. The van der Waals surface area contributed by atoms with Crippen molar-refractivity contribution in [3.05, 3.63) is 11.6 Å². The van der Waals surface area contributed by atoms with Crippen LogP contribution in [0.15, 0.2) is 11.6 Å². The van der Waals surface area contributed by atoms with Crippen LogP contribution in [0.25, 0.3) is 0 Å². The van der Waals surface area contributed by atoms with Gasteiger partial charge in [0.05, 0.1) is 0 Å². The van der Waals surface area contributed by atoms with Gasteiger partial charge in [0.2, 0.25) is 0 Å². The Hall–Kier alpha value is -1.25. The van der Waals surface area contributed by atoms with Gasteiger partial charge in [-0.05, 0) is 69.8 Å².